The van der Waals surface area contributed by atoms with Crippen LogP contribution in [0, 0.1) is 0 Å². The van der Waals surface area contributed by atoms with Crippen LogP contribution in [-0.4, -0.2) is 34.6 Å². The molecular weight excluding hydrogens is 304 g/mol. The number of amides is 2. The van der Waals surface area contributed by atoms with E-state index in [1.807, 2.05) is 69.9 Å². The third-order valence-corrected chi connectivity index (χ3v) is 4.48. The van der Waals surface area contributed by atoms with E-state index in [9.17, 15) is 9.59 Å². The summed E-state index contributed by atoms with van der Waals surface area (Å²) in [6.45, 7) is 9.99. The van der Waals surface area contributed by atoms with Gasteiger partial charge in [-0.25, -0.2) is 4.79 Å². The molecule has 1 N–H and O–H groups in total. The van der Waals surface area contributed by atoms with Crippen molar-refractivity contribution in [2.75, 3.05) is 6.54 Å². The lowest BCUT2D eigenvalue weighted by atomic mass is 9.95. The molecule has 0 saturated carbocycles. The van der Waals surface area contributed by atoms with Crippen molar-refractivity contribution >= 4 is 12.0 Å². The molecule has 1 fully saturated rings. The lowest BCUT2D eigenvalue weighted by Crippen LogP contribution is -2.51. The summed E-state index contributed by atoms with van der Waals surface area (Å²) in [7, 11) is 0. The number of hydrogen-bond acceptors (Lipinski definition) is 3. The first-order valence-electron chi connectivity index (χ1n) is 8.51. The number of likely N-dealkylation sites (tertiary alicyclic amines) is 1. The number of nitrogens with one attached hydrogen (secondary N) is 1. The third-order valence-electron chi connectivity index (χ3n) is 4.48. The van der Waals surface area contributed by atoms with E-state index in [-0.39, 0.29) is 11.9 Å². The molecule has 0 aromatic heterocycles. The molecule has 1 aromatic carbocycles. The Balaban J connectivity index is 2.11. The highest BCUT2D eigenvalue weighted by atomic mass is 16.6. The molecule has 1 aromatic rings. The van der Waals surface area contributed by atoms with E-state index < -0.39 is 17.2 Å². The van der Waals surface area contributed by atoms with Gasteiger partial charge in [0, 0.05) is 6.54 Å². The third kappa shape index (κ3) is 4.28. The van der Waals surface area contributed by atoms with Crippen LogP contribution >= 0.6 is 0 Å². The van der Waals surface area contributed by atoms with E-state index in [1.165, 1.54) is 0 Å². The molecule has 2 rings (SSSR count). The van der Waals surface area contributed by atoms with Gasteiger partial charge in [-0.3, -0.25) is 4.79 Å². The maximum Gasteiger partial charge on any atom is 0.408 e. The Morgan fingerprint density at radius 2 is 1.96 bits per heavy atom. The number of carbonyl (C=O) groups excluding carboxylic acids is 2. The summed E-state index contributed by atoms with van der Waals surface area (Å²) in [5.74, 6) is 0.0595. The van der Waals surface area contributed by atoms with Crippen LogP contribution in [0.15, 0.2) is 30.3 Å². The lowest BCUT2D eigenvalue weighted by molar-refractivity contribution is -0.129. The Bertz CT molecular complexity index is 594. The standard InChI is InChI=1S/C19H28N2O3/c1-6-19(20-17(23)24-18(3,4)5)12-16(22)21(13-19)14(2)15-10-8-7-9-11-15/h7-11,14H,6,12-13H2,1-5H3,(H,20,23)/t14-,19?/m1/s1. The van der Waals surface area contributed by atoms with Gasteiger partial charge in [-0.1, -0.05) is 37.3 Å². The topological polar surface area (TPSA) is 58.6 Å². The van der Waals surface area contributed by atoms with Gasteiger partial charge in [0.15, 0.2) is 0 Å². The van der Waals surface area contributed by atoms with Crippen LogP contribution in [0.2, 0.25) is 0 Å². The number of carbonyl (C=O) groups is 2. The highest BCUT2D eigenvalue weighted by Gasteiger charge is 2.45. The van der Waals surface area contributed by atoms with Crippen molar-refractivity contribution < 1.29 is 14.3 Å². The number of hydrogen-bond donors (Lipinski definition) is 1. The SMILES string of the molecule is CCC1(NC(=O)OC(C)(C)C)CC(=O)N([C@H](C)c2ccccc2)C1. The smallest absolute Gasteiger partial charge is 0.408 e. The quantitative estimate of drug-likeness (QED) is 0.915. The molecular formula is C19H28N2O3. The van der Waals surface area contributed by atoms with Crippen molar-refractivity contribution in [2.24, 2.45) is 0 Å². The van der Waals surface area contributed by atoms with Gasteiger partial charge in [-0.15, -0.1) is 0 Å². The van der Waals surface area contributed by atoms with Crippen LogP contribution in [0.3, 0.4) is 0 Å². The van der Waals surface area contributed by atoms with Crippen LogP contribution < -0.4 is 5.32 Å². The first kappa shape index (κ1) is 18.3. The summed E-state index contributed by atoms with van der Waals surface area (Å²) >= 11 is 0. The van der Waals surface area contributed by atoms with Crippen molar-refractivity contribution in [1.29, 1.82) is 0 Å². The van der Waals surface area contributed by atoms with Gasteiger partial charge >= 0.3 is 6.09 Å². The summed E-state index contributed by atoms with van der Waals surface area (Å²) in [6.07, 6.45) is 0.516. The lowest BCUT2D eigenvalue weighted by Gasteiger charge is -2.32. The first-order chi connectivity index (χ1) is 11.2. The van der Waals surface area contributed by atoms with Gasteiger partial charge in [0.2, 0.25) is 5.91 Å². The Labute approximate surface area is 144 Å². The van der Waals surface area contributed by atoms with E-state index in [4.69, 9.17) is 4.74 Å². The van der Waals surface area contributed by atoms with Gasteiger partial charge in [0.1, 0.15) is 5.60 Å². The monoisotopic (exact) mass is 332 g/mol. The van der Waals surface area contributed by atoms with Crippen LogP contribution in [-0.2, 0) is 9.53 Å². The van der Waals surface area contributed by atoms with E-state index in [0.29, 0.717) is 19.4 Å². The van der Waals surface area contributed by atoms with Crippen molar-refractivity contribution in [3.63, 3.8) is 0 Å². The van der Waals surface area contributed by atoms with E-state index in [2.05, 4.69) is 5.32 Å². The van der Waals surface area contributed by atoms with Gasteiger partial charge in [0.05, 0.1) is 18.0 Å². The summed E-state index contributed by atoms with van der Waals surface area (Å²) < 4.78 is 5.36. The van der Waals surface area contributed by atoms with E-state index >= 15 is 0 Å². The predicted molar refractivity (Wildman–Crippen MR) is 93.6 cm³/mol. The van der Waals surface area contributed by atoms with E-state index in [1.54, 1.807) is 0 Å². The fourth-order valence-electron chi connectivity index (χ4n) is 3.05. The number of nitrogens with zero attached hydrogens (tertiary/aromatic N) is 1. The molecule has 2 atom stereocenters. The van der Waals surface area contributed by atoms with Gasteiger partial charge in [-0.05, 0) is 39.7 Å². The minimum absolute atomic E-state index is 0.0208. The van der Waals surface area contributed by atoms with Crippen LogP contribution in [0.5, 0.6) is 0 Å². The Morgan fingerprint density at radius 3 is 2.50 bits per heavy atom. The van der Waals surface area contributed by atoms with Crippen LogP contribution in [0.1, 0.15) is 59.1 Å². The maximum atomic E-state index is 12.6. The highest BCUT2D eigenvalue weighted by molar-refractivity contribution is 5.82. The molecule has 5 nitrogen and oxygen atoms in total. The van der Waals surface area contributed by atoms with Crippen LogP contribution in [0.25, 0.3) is 0 Å². The second-order valence-electron chi connectivity index (χ2n) is 7.55. The second kappa shape index (κ2) is 6.83. The molecule has 0 radical (unpaired) electrons. The highest BCUT2D eigenvalue weighted by Crippen LogP contribution is 2.33. The largest absolute Gasteiger partial charge is 0.444 e. The Morgan fingerprint density at radius 1 is 1.33 bits per heavy atom. The Hall–Kier alpha value is -2.04. The second-order valence-corrected chi connectivity index (χ2v) is 7.55. The summed E-state index contributed by atoms with van der Waals surface area (Å²) in [6, 6.07) is 9.92. The zero-order valence-corrected chi connectivity index (χ0v) is 15.3. The molecule has 0 bridgehead atoms. The van der Waals surface area contributed by atoms with Crippen molar-refractivity contribution in [3.05, 3.63) is 35.9 Å². The van der Waals surface area contributed by atoms with Gasteiger partial charge in [0.25, 0.3) is 0 Å². The normalized spacial score (nSPS) is 22.4. The van der Waals surface area contributed by atoms with Crippen LogP contribution in [0.4, 0.5) is 4.79 Å². The van der Waals surface area contributed by atoms with Crippen molar-refractivity contribution in [2.45, 2.75) is 64.6 Å². The number of benzene rings is 1. The molecule has 132 valence electrons. The zero-order chi connectivity index (χ0) is 18.0. The molecule has 1 aliphatic heterocycles. The number of ether oxygens (including phenoxy) is 1. The summed E-state index contributed by atoms with van der Waals surface area (Å²) in [5, 5.41) is 2.94. The molecule has 0 spiro atoms. The van der Waals surface area contributed by atoms with Crippen molar-refractivity contribution in [1.82, 2.24) is 10.2 Å². The average Bonchev–Trinajstić information content (AvgIpc) is 2.82. The minimum Gasteiger partial charge on any atom is -0.444 e. The average molecular weight is 332 g/mol. The Kier molecular flexibility index (Phi) is 5.21. The molecule has 2 amide bonds. The zero-order valence-electron chi connectivity index (χ0n) is 15.3. The van der Waals surface area contributed by atoms with Gasteiger partial charge < -0.3 is 15.0 Å². The first-order valence-corrected chi connectivity index (χ1v) is 8.51. The molecule has 5 heteroatoms. The molecule has 1 heterocycles. The van der Waals surface area contributed by atoms with E-state index in [0.717, 1.165) is 5.56 Å². The fraction of sp³-hybridized carbons (Fsp3) is 0.579. The summed E-state index contributed by atoms with van der Waals surface area (Å²) in [4.78, 5) is 26.6. The summed E-state index contributed by atoms with van der Waals surface area (Å²) in [5.41, 5.74) is -0.0313. The molecule has 0 aliphatic carbocycles. The van der Waals surface area contributed by atoms with Gasteiger partial charge in [-0.2, -0.15) is 0 Å². The molecule has 1 saturated heterocycles. The fourth-order valence-corrected chi connectivity index (χ4v) is 3.05. The molecule has 1 unspecified atom stereocenters. The number of rotatable bonds is 4. The molecule has 24 heavy (non-hydrogen) atoms. The minimum atomic E-state index is -0.567. The number of alkyl carbamates (subject to hydrolysis) is 1. The maximum absolute atomic E-state index is 12.6. The molecule has 1 aliphatic rings. The predicted octanol–water partition coefficient (Wildman–Crippen LogP) is 3.65. The van der Waals surface area contributed by atoms with Crippen molar-refractivity contribution in [3.8, 4) is 0 Å².